The Morgan fingerprint density at radius 1 is 1.12 bits per heavy atom. The minimum Gasteiger partial charge on any atom is -0.497 e. The van der Waals surface area contributed by atoms with Crippen LogP contribution in [0, 0.1) is 5.82 Å². The SMILES string of the molecule is COc1ccc(CCNC(=O)CCn2cnc3c(cnn3-c3ccc(F)cc3)c2=O)cc1. The molecule has 2 heterocycles. The predicted octanol–water partition coefficient (Wildman–Crippen LogP) is 2.48. The zero-order chi connectivity index (χ0) is 22.5. The Hall–Kier alpha value is -4.01. The lowest BCUT2D eigenvalue weighted by atomic mass is 10.1. The first-order valence-electron chi connectivity index (χ1n) is 10.1. The van der Waals surface area contributed by atoms with Crippen LogP contribution in [0.25, 0.3) is 16.7 Å². The molecule has 1 amide bonds. The molecular formula is C23H22FN5O3. The van der Waals surface area contributed by atoms with E-state index in [1.54, 1.807) is 19.2 Å². The summed E-state index contributed by atoms with van der Waals surface area (Å²) >= 11 is 0. The van der Waals surface area contributed by atoms with E-state index in [9.17, 15) is 14.0 Å². The molecule has 2 aromatic carbocycles. The summed E-state index contributed by atoms with van der Waals surface area (Å²) in [5, 5.41) is 7.40. The van der Waals surface area contributed by atoms with E-state index < -0.39 is 0 Å². The quantitative estimate of drug-likeness (QED) is 0.459. The molecule has 0 aliphatic carbocycles. The second-order valence-corrected chi connectivity index (χ2v) is 7.21. The molecule has 4 aromatic rings. The van der Waals surface area contributed by atoms with Crippen LogP contribution in [0.3, 0.4) is 0 Å². The van der Waals surface area contributed by atoms with Gasteiger partial charge in [-0.15, -0.1) is 0 Å². The first-order chi connectivity index (χ1) is 15.5. The molecule has 32 heavy (non-hydrogen) atoms. The maximum Gasteiger partial charge on any atom is 0.264 e. The van der Waals surface area contributed by atoms with Crippen LogP contribution < -0.4 is 15.6 Å². The minimum atomic E-state index is -0.359. The number of amides is 1. The van der Waals surface area contributed by atoms with Crippen molar-refractivity contribution in [1.29, 1.82) is 0 Å². The van der Waals surface area contributed by atoms with Gasteiger partial charge >= 0.3 is 0 Å². The normalized spacial score (nSPS) is 10.9. The smallest absolute Gasteiger partial charge is 0.264 e. The zero-order valence-corrected chi connectivity index (χ0v) is 17.5. The number of halogens is 1. The second-order valence-electron chi connectivity index (χ2n) is 7.21. The molecule has 0 saturated carbocycles. The monoisotopic (exact) mass is 435 g/mol. The van der Waals surface area contributed by atoms with Crippen molar-refractivity contribution in [3.05, 3.63) is 82.8 Å². The lowest BCUT2D eigenvalue weighted by molar-refractivity contribution is -0.121. The number of hydrogen-bond acceptors (Lipinski definition) is 5. The highest BCUT2D eigenvalue weighted by Gasteiger charge is 2.12. The number of benzene rings is 2. The number of methoxy groups -OCH3 is 1. The summed E-state index contributed by atoms with van der Waals surface area (Å²) in [6.07, 6.45) is 3.68. The molecule has 4 rings (SSSR count). The Morgan fingerprint density at radius 3 is 2.59 bits per heavy atom. The molecule has 2 aromatic heterocycles. The van der Waals surface area contributed by atoms with E-state index in [4.69, 9.17) is 4.74 Å². The van der Waals surface area contributed by atoms with Crippen LogP contribution in [-0.4, -0.2) is 38.9 Å². The van der Waals surface area contributed by atoms with E-state index >= 15 is 0 Å². The third-order valence-corrected chi connectivity index (χ3v) is 5.10. The number of aromatic nitrogens is 4. The van der Waals surface area contributed by atoms with Gasteiger partial charge < -0.3 is 10.1 Å². The fraction of sp³-hybridized carbons (Fsp3) is 0.217. The first-order valence-corrected chi connectivity index (χ1v) is 10.1. The predicted molar refractivity (Wildman–Crippen MR) is 117 cm³/mol. The highest BCUT2D eigenvalue weighted by Crippen LogP contribution is 2.14. The third-order valence-electron chi connectivity index (χ3n) is 5.10. The average Bonchev–Trinajstić information content (AvgIpc) is 3.24. The highest BCUT2D eigenvalue weighted by molar-refractivity contribution is 5.76. The number of nitrogens with one attached hydrogen (secondary N) is 1. The summed E-state index contributed by atoms with van der Waals surface area (Å²) in [6, 6.07) is 13.4. The molecule has 164 valence electrons. The fourth-order valence-electron chi connectivity index (χ4n) is 3.33. The van der Waals surface area contributed by atoms with Crippen molar-refractivity contribution in [2.75, 3.05) is 13.7 Å². The summed E-state index contributed by atoms with van der Waals surface area (Å²) < 4.78 is 21.2. The van der Waals surface area contributed by atoms with Gasteiger partial charge in [0.05, 0.1) is 25.3 Å². The van der Waals surface area contributed by atoms with Crippen molar-refractivity contribution in [1.82, 2.24) is 24.6 Å². The number of nitrogens with zero attached hydrogens (tertiary/aromatic N) is 4. The summed E-state index contributed by atoms with van der Waals surface area (Å²) in [5.74, 6) is 0.285. The average molecular weight is 435 g/mol. The van der Waals surface area contributed by atoms with Crippen LogP contribution in [0.4, 0.5) is 4.39 Å². The molecule has 0 radical (unpaired) electrons. The lowest BCUT2D eigenvalue weighted by Crippen LogP contribution is -2.29. The number of rotatable bonds is 8. The molecule has 1 N–H and O–H groups in total. The topological polar surface area (TPSA) is 91.0 Å². The minimum absolute atomic E-state index is 0.146. The Kier molecular flexibility index (Phi) is 6.25. The molecule has 0 fully saturated rings. The van der Waals surface area contributed by atoms with Gasteiger partial charge in [-0.05, 0) is 48.4 Å². The van der Waals surface area contributed by atoms with Crippen LogP contribution >= 0.6 is 0 Å². The van der Waals surface area contributed by atoms with Crippen LogP contribution in [0.15, 0.2) is 65.8 Å². The Labute approximate surface area is 183 Å². The molecule has 0 saturated heterocycles. The Morgan fingerprint density at radius 2 is 1.88 bits per heavy atom. The van der Waals surface area contributed by atoms with Crippen LogP contribution in [0.2, 0.25) is 0 Å². The van der Waals surface area contributed by atoms with Crippen molar-refractivity contribution >= 4 is 16.9 Å². The van der Waals surface area contributed by atoms with E-state index in [2.05, 4.69) is 15.4 Å². The fourth-order valence-corrected chi connectivity index (χ4v) is 3.33. The standard InChI is InChI=1S/C23H22FN5O3/c1-32-19-8-2-16(3-9-19)10-12-25-21(30)11-13-28-15-26-22-20(23(28)31)14-27-29(22)18-6-4-17(24)5-7-18/h2-9,14-15H,10-13H2,1H3,(H,25,30). The van der Waals surface area contributed by atoms with Gasteiger partial charge in [0.2, 0.25) is 5.91 Å². The van der Waals surface area contributed by atoms with Crippen molar-refractivity contribution < 1.29 is 13.9 Å². The number of ether oxygens (including phenoxy) is 1. The van der Waals surface area contributed by atoms with Crippen LogP contribution in [0.1, 0.15) is 12.0 Å². The summed E-state index contributed by atoms with van der Waals surface area (Å²) in [4.78, 5) is 29.3. The molecule has 8 nitrogen and oxygen atoms in total. The van der Waals surface area contributed by atoms with E-state index in [-0.39, 0.29) is 30.2 Å². The Bertz CT molecular complexity index is 1280. The van der Waals surface area contributed by atoms with Crippen molar-refractivity contribution in [2.45, 2.75) is 19.4 Å². The number of carbonyl (C=O) groups is 1. The van der Waals surface area contributed by atoms with Gasteiger partial charge in [0.1, 0.15) is 17.0 Å². The molecular weight excluding hydrogens is 413 g/mol. The molecule has 0 atom stereocenters. The maximum atomic E-state index is 13.2. The van der Waals surface area contributed by atoms with E-state index in [0.29, 0.717) is 29.7 Å². The van der Waals surface area contributed by atoms with Gasteiger partial charge in [0.25, 0.3) is 5.56 Å². The van der Waals surface area contributed by atoms with Gasteiger partial charge in [-0.2, -0.15) is 5.10 Å². The summed E-state index contributed by atoms with van der Waals surface area (Å²) in [7, 11) is 1.62. The number of aryl methyl sites for hydroxylation is 1. The third kappa shape index (κ3) is 4.66. The van der Waals surface area contributed by atoms with Gasteiger partial charge in [0.15, 0.2) is 5.65 Å². The maximum absolute atomic E-state index is 13.2. The summed E-state index contributed by atoms with van der Waals surface area (Å²) in [6.45, 7) is 0.708. The van der Waals surface area contributed by atoms with Gasteiger partial charge in [0, 0.05) is 19.5 Å². The van der Waals surface area contributed by atoms with Gasteiger partial charge in [-0.3, -0.25) is 14.2 Å². The van der Waals surface area contributed by atoms with Gasteiger partial charge in [-0.1, -0.05) is 12.1 Å². The summed E-state index contributed by atoms with van der Waals surface area (Å²) in [5.41, 5.74) is 1.79. The lowest BCUT2D eigenvalue weighted by Gasteiger charge is -2.08. The molecule has 9 heteroatoms. The number of fused-ring (bicyclic) bond motifs is 1. The number of carbonyl (C=O) groups excluding carboxylic acids is 1. The van der Waals surface area contributed by atoms with Crippen molar-refractivity contribution in [3.8, 4) is 11.4 Å². The molecule has 0 unspecified atom stereocenters. The second kappa shape index (κ2) is 9.42. The van der Waals surface area contributed by atoms with Crippen molar-refractivity contribution in [2.24, 2.45) is 0 Å². The number of hydrogen-bond donors (Lipinski definition) is 1. The molecule has 0 spiro atoms. The van der Waals surface area contributed by atoms with Gasteiger partial charge in [-0.25, -0.2) is 14.1 Å². The van der Waals surface area contributed by atoms with E-state index in [1.165, 1.54) is 33.9 Å². The van der Waals surface area contributed by atoms with Crippen molar-refractivity contribution in [3.63, 3.8) is 0 Å². The molecule has 0 aliphatic heterocycles. The van der Waals surface area contributed by atoms with Crippen LogP contribution in [-0.2, 0) is 17.8 Å². The Balaban J connectivity index is 1.35. The van der Waals surface area contributed by atoms with Crippen LogP contribution in [0.5, 0.6) is 5.75 Å². The zero-order valence-electron chi connectivity index (χ0n) is 17.5. The molecule has 0 aliphatic rings. The van der Waals surface area contributed by atoms with E-state index in [0.717, 1.165) is 11.3 Å². The van der Waals surface area contributed by atoms with E-state index in [1.807, 2.05) is 24.3 Å². The molecule has 0 bridgehead atoms. The first kappa shape index (κ1) is 21.2. The highest BCUT2D eigenvalue weighted by atomic mass is 19.1. The largest absolute Gasteiger partial charge is 0.497 e.